The maximum absolute atomic E-state index is 12.0. The van der Waals surface area contributed by atoms with E-state index in [-0.39, 0.29) is 23.8 Å². The molecule has 0 aliphatic heterocycles. The van der Waals surface area contributed by atoms with Gasteiger partial charge < -0.3 is 9.47 Å². The van der Waals surface area contributed by atoms with Crippen molar-refractivity contribution in [2.24, 2.45) is 11.8 Å². The van der Waals surface area contributed by atoms with Crippen molar-refractivity contribution >= 4 is 56.2 Å². The van der Waals surface area contributed by atoms with E-state index in [0.717, 1.165) is 58.6 Å². The molecule has 2 atom stereocenters. The van der Waals surface area contributed by atoms with E-state index in [2.05, 4.69) is 0 Å². The number of hydrogen-bond acceptors (Lipinski definition) is 10. The first kappa shape index (κ1) is 22.1. The highest BCUT2D eigenvalue weighted by atomic mass is 33.1. The Labute approximate surface area is 192 Å². The third-order valence-electron chi connectivity index (χ3n) is 5.26. The summed E-state index contributed by atoms with van der Waals surface area (Å²) in [7, 11) is 3.26. The molecule has 0 radical (unpaired) electrons. The van der Waals surface area contributed by atoms with E-state index >= 15 is 0 Å². The Morgan fingerprint density at radius 3 is 1.70 bits per heavy atom. The second kappa shape index (κ2) is 10.0. The highest BCUT2D eigenvalue weighted by molar-refractivity contribution is 8.77. The Morgan fingerprint density at radius 1 is 0.867 bits per heavy atom. The molecule has 2 heterocycles. The minimum atomic E-state index is -0.0883. The van der Waals surface area contributed by atoms with Crippen molar-refractivity contribution in [1.29, 1.82) is 0 Å². The first-order chi connectivity index (χ1) is 14.6. The zero-order valence-electron chi connectivity index (χ0n) is 17.0. The van der Waals surface area contributed by atoms with Crippen LogP contribution in [-0.4, -0.2) is 35.1 Å². The van der Waals surface area contributed by atoms with Gasteiger partial charge in [0.25, 0.3) is 0 Å². The zero-order chi connectivity index (χ0) is 21.1. The van der Waals surface area contributed by atoms with Crippen molar-refractivity contribution in [2.45, 2.75) is 61.1 Å². The SMILES string of the molecule is CCOC(=O)C1CCc2nc(SSc3nc4c(s3)CC(C(=O)OCC)CC4)sc2C1. The highest BCUT2D eigenvalue weighted by Crippen LogP contribution is 2.45. The van der Waals surface area contributed by atoms with Crippen LogP contribution < -0.4 is 0 Å². The molecule has 2 aromatic rings. The van der Waals surface area contributed by atoms with Crippen LogP contribution in [0.2, 0.25) is 0 Å². The molecule has 2 aliphatic rings. The summed E-state index contributed by atoms with van der Waals surface area (Å²) < 4.78 is 12.4. The molecular weight excluding hydrogens is 460 g/mol. The van der Waals surface area contributed by atoms with E-state index in [1.807, 2.05) is 13.8 Å². The number of fused-ring (bicyclic) bond motifs is 2. The summed E-state index contributed by atoms with van der Waals surface area (Å²) in [6.07, 6.45) is 4.76. The van der Waals surface area contributed by atoms with Crippen LogP contribution in [0, 0.1) is 11.8 Å². The lowest BCUT2D eigenvalue weighted by Crippen LogP contribution is -2.24. The van der Waals surface area contributed by atoms with E-state index in [4.69, 9.17) is 19.4 Å². The van der Waals surface area contributed by atoms with Crippen LogP contribution in [0.4, 0.5) is 0 Å². The maximum atomic E-state index is 12.0. The van der Waals surface area contributed by atoms with Crippen LogP contribution in [0.3, 0.4) is 0 Å². The summed E-state index contributed by atoms with van der Waals surface area (Å²) in [4.78, 5) is 36.0. The van der Waals surface area contributed by atoms with Gasteiger partial charge in [-0.15, -0.1) is 22.7 Å². The fraction of sp³-hybridized carbons (Fsp3) is 0.600. The molecule has 6 nitrogen and oxygen atoms in total. The molecule has 0 spiro atoms. The molecule has 162 valence electrons. The molecule has 10 heteroatoms. The van der Waals surface area contributed by atoms with Crippen molar-refractivity contribution in [3.8, 4) is 0 Å². The quantitative estimate of drug-likeness (QED) is 0.412. The number of carbonyl (C=O) groups excluding carboxylic acids is 2. The van der Waals surface area contributed by atoms with Gasteiger partial charge in [0.1, 0.15) is 0 Å². The lowest BCUT2D eigenvalue weighted by molar-refractivity contribution is -0.149. The number of rotatable bonds is 7. The third-order valence-corrected chi connectivity index (χ3v) is 10.5. The first-order valence-electron chi connectivity index (χ1n) is 10.2. The second-order valence-electron chi connectivity index (χ2n) is 7.25. The van der Waals surface area contributed by atoms with E-state index in [0.29, 0.717) is 13.2 Å². The standard InChI is InChI=1S/C20H24N2O4S4/c1-3-25-17(23)11-5-7-13-15(9-11)27-19(21-13)29-30-20-22-14-8-6-12(10-16(14)28-20)18(24)26-4-2/h11-12H,3-10H2,1-2H3. The number of ether oxygens (including phenoxy) is 2. The van der Waals surface area contributed by atoms with Crippen LogP contribution in [0.5, 0.6) is 0 Å². The number of thiazole rings is 2. The smallest absolute Gasteiger partial charge is 0.309 e. The highest BCUT2D eigenvalue weighted by Gasteiger charge is 2.30. The van der Waals surface area contributed by atoms with Crippen LogP contribution >= 0.6 is 44.3 Å². The predicted molar refractivity (Wildman–Crippen MR) is 120 cm³/mol. The lowest BCUT2D eigenvalue weighted by Gasteiger charge is -2.19. The number of hydrogen-bond donors (Lipinski definition) is 0. The van der Waals surface area contributed by atoms with Crippen molar-refractivity contribution in [3.05, 3.63) is 21.1 Å². The molecule has 0 aromatic carbocycles. The van der Waals surface area contributed by atoms with Crippen molar-refractivity contribution in [3.63, 3.8) is 0 Å². The monoisotopic (exact) mass is 484 g/mol. The summed E-state index contributed by atoms with van der Waals surface area (Å²) in [6.45, 7) is 4.55. The average Bonchev–Trinajstić information content (AvgIpc) is 3.34. The summed E-state index contributed by atoms with van der Waals surface area (Å²) >= 11 is 3.35. The minimum absolute atomic E-state index is 0.0403. The Bertz CT molecular complexity index is 852. The molecule has 0 bridgehead atoms. The van der Waals surface area contributed by atoms with Crippen molar-refractivity contribution in [2.75, 3.05) is 13.2 Å². The molecule has 2 aliphatic carbocycles. The molecule has 2 aromatic heterocycles. The lowest BCUT2D eigenvalue weighted by atomic mass is 9.91. The van der Waals surface area contributed by atoms with Gasteiger partial charge >= 0.3 is 11.9 Å². The largest absolute Gasteiger partial charge is 0.466 e. The number of aryl methyl sites for hydroxylation is 2. The summed E-state index contributed by atoms with van der Waals surface area (Å²) in [5.74, 6) is -0.257. The molecule has 0 fully saturated rings. The summed E-state index contributed by atoms with van der Waals surface area (Å²) in [5, 5.41) is 0. The predicted octanol–water partition coefficient (Wildman–Crippen LogP) is 4.74. The molecule has 2 unspecified atom stereocenters. The Morgan fingerprint density at radius 2 is 1.30 bits per heavy atom. The fourth-order valence-corrected chi connectivity index (χ4v) is 8.79. The van der Waals surface area contributed by atoms with Gasteiger partial charge in [-0.1, -0.05) is 0 Å². The van der Waals surface area contributed by atoms with E-state index in [9.17, 15) is 9.59 Å². The van der Waals surface area contributed by atoms with E-state index in [1.165, 1.54) is 9.75 Å². The number of aromatic nitrogens is 2. The summed E-state index contributed by atoms with van der Waals surface area (Å²) in [6, 6.07) is 0. The molecule has 30 heavy (non-hydrogen) atoms. The summed E-state index contributed by atoms with van der Waals surface area (Å²) in [5.41, 5.74) is 2.25. The van der Waals surface area contributed by atoms with E-state index < -0.39 is 0 Å². The number of nitrogens with zero attached hydrogens (tertiary/aromatic N) is 2. The zero-order valence-corrected chi connectivity index (χ0v) is 20.2. The van der Waals surface area contributed by atoms with Gasteiger partial charge in [-0.3, -0.25) is 9.59 Å². The van der Waals surface area contributed by atoms with Gasteiger partial charge in [0, 0.05) is 9.75 Å². The Hall–Kier alpha value is -1.10. The molecule has 0 saturated carbocycles. The normalized spacial score (nSPS) is 20.3. The molecule has 0 N–H and O–H groups in total. The third kappa shape index (κ3) is 5.03. The topological polar surface area (TPSA) is 78.4 Å². The van der Waals surface area contributed by atoms with Crippen molar-refractivity contribution in [1.82, 2.24) is 9.97 Å². The van der Waals surface area contributed by atoms with Crippen LogP contribution in [0.15, 0.2) is 8.68 Å². The Kier molecular flexibility index (Phi) is 7.38. The Balaban J connectivity index is 1.35. The van der Waals surface area contributed by atoms with Crippen molar-refractivity contribution < 1.29 is 19.1 Å². The van der Waals surface area contributed by atoms with Gasteiger partial charge in [-0.2, -0.15) is 0 Å². The second-order valence-corrected chi connectivity index (χ2v) is 12.0. The first-order valence-corrected chi connectivity index (χ1v) is 14.0. The number of carbonyl (C=O) groups is 2. The number of esters is 2. The molecular formula is C20H24N2O4S4. The van der Waals surface area contributed by atoms with Gasteiger partial charge in [-0.25, -0.2) is 9.97 Å². The van der Waals surface area contributed by atoms with Crippen LogP contribution in [0.1, 0.15) is 47.8 Å². The van der Waals surface area contributed by atoms with Gasteiger partial charge in [0.05, 0.1) is 36.4 Å². The average molecular weight is 485 g/mol. The molecule has 0 amide bonds. The van der Waals surface area contributed by atoms with E-state index in [1.54, 1.807) is 44.3 Å². The van der Waals surface area contributed by atoms with Gasteiger partial charge in [0.2, 0.25) is 0 Å². The molecule has 0 saturated heterocycles. The fourth-order valence-electron chi connectivity index (χ4n) is 3.77. The molecule has 4 rings (SSSR count). The minimum Gasteiger partial charge on any atom is -0.466 e. The van der Waals surface area contributed by atoms with Crippen LogP contribution in [-0.2, 0) is 44.7 Å². The van der Waals surface area contributed by atoms with Gasteiger partial charge in [0.15, 0.2) is 8.68 Å². The van der Waals surface area contributed by atoms with Crippen LogP contribution in [0.25, 0.3) is 0 Å². The van der Waals surface area contributed by atoms with Gasteiger partial charge in [-0.05, 0) is 74.0 Å². The maximum Gasteiger partial charge on any atom is 0.309 e.